The molecular weight excluding hydrogens is 404 g/mol. The van der Waals surface area contributed by atoms with Crippen molar-refractivity contribution < 1.29 is 19.1 Å². The maximum absolute atomic E-state index is 13.4. The number of nitrogens with zero attached hydrogens (tertiary/aromatic N) is 2. The van der Waals surface area contributed by atoms with E-state index < -0.39 is 29.2 Å². The number of ether oxygens (including phenoxy) is 2. The van der Waals surface area contributed by atoms with Gasteiger partial charge >= 0.3 is 11.9 Å². The first-order chi connectivity index (χ1) is 14.3. The smallest absolute Gasteiger partial charge is 0.329 e. The van der Waals surface area contributed by atoms with E-state index in [1.54, 1.807) is 13.8 Å². The first-order valence-corrected chi connectivity index (χ1v) is 10.5. The zero-order valence-corrected chi connectivity index (χ0v) is 17.7. The first-order valence-electron chi connectivity index (χ1n) is 10.1. The molecule has 2 aromatic rings. The first kappa shape index (κ1) is 19.2. The molecule has 0 amide bonds. The van der Waals surface area contributed by atoms with E-state index in [2.05, 4.69) is 9.80 Å². The van der Waals surface area contributed by atoms with E-state index in [-0.39, 0.29) is 6.42 Å². The van der Waals surface area contributed by atoms with Gasteiger partial charge in [0, 0.05) is 45.6 Å². The minimum atomic E-state index is -1.41. The van der Waals surface area contributed by atoms with E-state index in [9.17, 15) is 9.59 Å². The van der Waals surface area contributed by atoms with E-state index in [1.807, 2.05) is 48.5 Å². The van der Waals surface area contributed by atoms with Crippen LogP contribution in [-0.2, 0) is 25.5 Å². The highest BCUT2D eigenvalue weighted by Gasteiger charge is 2.64. The van der Waals surface area contributed by atoms with Crippen LogP contribution in [0, 0.1) is 5.41 Å². The average molecular weight is 427 g/mol. The number of esters is 2. The molecule has 0 bridgehead atoms. The zero-order valence-electron chi connectivity index (χ0n) is 16.9. The van der Waals surface area contributed by atoms with Crippen molar-refractivity contribution in [2.45, 2.75) is 32.1 Å². The minimum Gasteiger partial charge on any atom is -0.422 e. The summed E-state index contributed by atoms with van der Waals surface area (Å²) in [7, 11) is 0. The van der Waals surface area contributed by atoms with Gasteiger partial charge in [-0.2, -0.15) is 0 Å². The molecule has 5 rings (SSSR count). The molecule has 6 nitrogen and oxygen atoms in total. The minimum absolute atomic E-state index is 0.258. The topological polar surface area (TPSA) is 59.1 Å². The fourth-order valence-corrected chi connectivity index (χ4v) is 5.18. The Labute approximate surface area is 180 Å². The fraction of sp³-hybridized carbons (Fsp3) is 0.391. The molecule has 0 N–H and O–H groups in total. The highest BCUT2D eigenvalue weighted by molar-refractivity contribution is 6.33. The Balaban J connectivity index is 1.61. The SMILES string of the molecule is CC1(C)OC(=O)C2(Cc3ccccc3N3CCN(c4ccccc4Cl)CC32)C(=O)O1. The monoisotopic (exact) mass is 426 g/mol. The number of hydrogen-bond acceptors (Lipinski definition) is 6. The van der Waals surface area contributed by atoms with E-state index in [0.29, 0.717) is 18.1 Å². The Morgan fingerprint density at radius 2 is 1.57 bits per heavy atom. The van der Waals surface area contributed by atoms with E-state index in [4.69, 9.17) is 21.1 Å². The number of rotatable bonds is 1. The summed E-state index contributed by atoms with van der Waals surface area (Å²) in [6.07, 6.45) is 0.258. The number of fused-ring (bicyclic) bond motifs is 4. The number of piperazine rings is 1. The lowest BCUT2D eigenvalue weighted by Crippen LogP contribution is -2.71. The molecule has 0 saturated carbocycles. The van der Waals surface area contributed by atoms with Crippen molar-refractivity contribution in [1.82, 2.24) is 0 Å². The lowest BCUT2D eigenvalue weighted by Gasteiger charge is -2.55. The van der Waals surface area contributed by atoms with Crippen LogP contribution in [0.3, 0.4) is 0 Å². The number of benzene rings is 2. The second-order valence-corrected chi connectivity index (χ2v) is 8.97. The average Bonchev–Trinajstić information content (AvgIpc) is 2.71. The van der Waals surface area contributed by atoms with Crippen LogP contribution in [0.1, 0.15) is 19.4 Å². The van der Waals surface area contributed by atoms with Gasteiger partial charge in [0.15, 0.2) is 5.41 Å². The molecule has 0 radical (unpaired) electrons. The molecule has 2 aromatic carbocycles. The van der Waals surface area contributed by atoms with Gasteiger partial charge in [-0.15, -0.1) is 0 Å². The highest BCUT2D eigenvalue weighted by Crippen LogP contribution is 2.48. The zero-order chi connectivity index (χ0) is 21.1. The summed E-state index contributed by atoms with van der Waals surface area (Å²) in [5.74, 6) is -2.30. The van der Waals surface area contributed by atoms with Crippen molar-refractivity contribution in [2.75, 3.05) is 29.4 Å². The molecule has 7 heteroatoms. The van der Waals surface area contributed by atoms with Crippen molar-refractivity contribution in [2.24, 2.45) is 5.41 Å². The standard InChI is InChI=1S/C23H23ClN2O4/c1-22(2)29-20(27)23(21(28)30-22)13-15-7-3-5-9-17(15)26-12-11-25(14-19(23)26)18-10-6-4-8-16(18)24/h3-10,19H,11-14H2,1-2H3. The molecule has 2 saturated heterocycles. The van der Waals surface area contributed by atoms with Gasteiger partial charge in [0.25, 0.3) is 5.79 Å². The Hall–Kier alpha value is -2.73. The molecule has 1 atom stereocenters. The number of anilines is 2. The van der Waals surface area contributed by atoms with Crippen LogP contribution in [0.15, 0.2) is 48.5 Å². The molecule has 30 heavy (non-hydrogen) atoms. The predicted molar refractivity (Wildman–Crippen MR) is 114 cm³/mol. The number of para-hydroxylation sites is 2. The molecule has 0 aliphatic carbocycles. The van der Waals surface area contributed by atoms with Crippen LogP contribution in [0.25, 0.3) is 0 Å². The van der Waals surface area contributed by atoms with Crippen molar-refractivity contribution >= 4 is 34.9 Å². The normalized spacial score (nSPS) is 24.0. The van der Waals surface area contributed by atoms with Crippen molar-refractivity contribution in [3.05, 3.63) is 59.1 Å². The van der Waals surface area contributed by atoms with E-state index >= 15 is 0 Å². The molecule has 3 heterocycles. The second kappa shape index (κ2) is 6.64. The second-order valence-electron chi connectivity index (χ2n) is 8.56. The highest BCUT2D eigenvalue weighted by atomic mass is 35.5. The Morgan fingerprint density at radius 3 is 2.27 bits per heavy atom. The Morgan fingerprint density at radius 1 is 0.933 bits per heavy atom. The summed E-state index contributed by atoms with van der Waals surface area (Å²) in [6, 6.07) is 15.1. The van der Waals surface area contributed by atoms with Gasteiger partial charge in [0.05, 0.1) is 16.8 Å². The van der Waals surface area contributed by atoms with Gasteiger partial charge in [0.1, 0.15) is 0 Å². The third-order valence-electron chi connectivity index (χ3n) is 6.32. The third kappa shape index (κ3) is 2.77. The molecule has 3 aliphatic rings. The number of cyclic esters (lactones) is 2. The van der Waals surface area contributed by atoms with Crippen LogP contribution < -0.4 is 9.80 Å². The third-order valence-corrected chi connectivity index (χ3v) is 6.64. The van der Waals surface area contributed by atoms with Crippen LogP contribution in [-0.4, -0.2) is 43.4 Å². The van der Waals surface area contributed by atoms with Gasteiger partial charge in [-0.05, 0) is 23.8 Å². The van der Waals surface area contributed by atoms with Crippen molar-refractivity contribution in [3.8, 4) is 0 Å². The van der Waals surface area contributed by atoms with Crippen molar-refractivity contribution in [3.63, 3.8) is 0 Å². The predicted octanol–water partition coefficient (Wildman–Crippen LogP) is 3.41. The van der Waals surface area contributed by atoms with Gasteiger partial charge < -0.3 is 19.3 Å². The van der Waals surface area contributed by atoms with Crippen molar-refractivity contribution in [1.29, 1.82) is 0 Å². The molecule has 1 unspecified atom stereocenters. The molecular formula is C23H23ClN2O4. The van der Waals surface area contributed by atoms with Crippen LogP contribution in [0.5, 0.6) is 0 Å². The van der Waals surface area contributed by atoms with Gasteiger partial charge in [-0.1, -0.05) is 41.9 Å². The molecule has 2 fully saturated rings. The molecule has 3 aliphatic heterocycles. The van der Waals surface area contributed by atoms with Gasteiger partial charge in [-0.25, -0.2) is 0 Å². The Bertz CT molecular complexity index is 1020. The largest absolute Gasteiger partial charge is 0.422 e. The van der Waals surface area contributed by atoms with Gasteiger partial charge in [0.2, 0.25) is 0 Å². The molecule has 1 spiro atoms. The summed E-state index contributed by atoms with van der Waals surface area (Å²) in [5, 5.41) is 0.645. The molecule has 0 aromatic heterocycles. The van der Waals surface area contributed by atoms with Gasteiger partial charge in [-0.3, -0.25) is 9.59 Å². The lowest BCUT2D eigenvalue weighted by molar-refractivity contribution is -0.253. The maximum Gasteiger partial charge on any atom is 0.329 e. The quantitative estimate of drug-likeness (QED) is 0.514. The van der Waals surface area contributed by atoms with E-state index in [0.717, 1.165) is 23.5 Å². The van der Waals surface area contributed by atoms with Crippen LogP contribution >= 0.6 is 11.6 Å². The fourth-order valence-electron chi connectivity index (χ4n) is 4.93. The summed E-state index contributed by atoms with van der Waals surface area (Å²) in [5.41, 5.74) is 1.49. The van der Waals surface area contributed by atoms with Crippen LogP contribution in [0.4, 0.5) is 11.4 Å². The summed E-state index contributed by atoms with van der Waals surface area (Å²) >= 11 is 6.45. The number of hydrogen-bond donors (Lipinski definition) is 0. The lowest BCUT2D eigenvalue weighted by atomic mass is 9.69. The maximum atomic E-state index is 13.4. The summed E-state index contributed by atoms with van der Waals surface area (Å²) in [4.78, 5) is 31.1. The Kier molecular flexibility index (Phi) is 4.26. The van der Waals surface area contributed by atoms with Crippen LogP contribution in [0.2, 0.25) is 5.02 Å². The van der Waals surface area contributed by atoms with E-state index in [1.165, 1.54) is 0 Å². The molecule has 156 valence electrons. The summed E-state index contributed by atoms with van der Waals surface area (Å²) in [6.45, 7) is 5.00. The number of carbonyl (C=O) groups is 2. The summed E-state index contributed by atoms with van der Waals surface area (Å²) < 4.78 is 11.2. The number of carbonyl (C=O) groups excluding carboxylic acids is 2. The number of halogens is 1.